The van der Waals surface area contributed by atoms with Crippen LogP contribution in [0.5, 0.6) is 5.75 Å². The van der Waals surface area contributed by atoms with Crippen molar-refractivity contribution < 1.29 is 34.5 Å². The number of rotatable bonds is 5. The molecule has 1 aliphatic heterocycles. The van der Waals surface area contributed by atoms with E-state index in [1.807, 2.05) is 23.1 Å². The van der Waals surface area contributed by atoms with Crippen molar-refractivity contribution in [2.75, 3.05) is 20.6 Å². The number of Topliss-reactive ketones (excluding diaryl/α,β-unsaturated/α-hetero) is 2. The largest absolute Gasteiger partial charge is 0.510 e. The van der Waals surface area contributed by atoms with Crippen LogP contribution in [0.2, 0.25) is 0 Å². The Morgan fingerprint density at radius 3 is 2.41 bits per heavy atom. The number of aliphatic hydroxyl groups excluding tert-OH is 2. The molecule has 4 aliphatic rings. The molecular formula is C30H32N4O7. The van der Waals surface area contributed by atoms with Gasteiger partial charge >= 0.3 is 0 Å². The molecule has 11 heteroatoms. The number of allylic oxidation sites excluding steroid dienone is 1. The quantitative estimate of drug-likeness (QED) is 0.263. The summed E-state index contributed by atoms with van der Waals surface area (Å²) < 4.78 is 0. The monoisotopic (exact) mass is 560 g/mol. The lowest BCUT2D eigenvalue weighted by Gasteiger charge is -2.46. The van der Waals surface area contributed by atoms with Crippen molar-refractivity contribution in [2.45, 2.75) is 37.9 Å². The van der Waals surface area contributed by atoms with Gasteiger partial charge < -0.3 is 26.8 Å². The number of phenolic OH excluding ortho intramolecular Hbond substituents is 1. The zero-order valence-corrected chi connectivity index (χ0v) is 22.8. The highest BCUT2D eigenvalue weighted by Crippen LogP contribution is 2.51. The first-order chi connectivity index (χ1) is 19.4. The Bertz CT molecular complexity index is 1620. The number of phenols is 1. The number of amides is 2. The van der Waals surface area contributed by atoms with Crippen molar-refractivity contribution in [3.63, 3.8) is 0 Å². The molecule has 1 saturated heterocycles. The Kier molecular flexibility index (Phi) is 6.20. The molecule has 0 radical (unpaired) electrons. The molecule has 4 unspecified atom stereocenters. The van der Waals surface area contributed by atoms with Gasteiger partial charge in [-0.25, -0.2) is 0 Å². The van der Waals surface area contributed by atoms with Crippen LogP contribution in [0.3, 0.4) is 0 Å². The number of carbonyl (C=O) groups excluding carboxylic acids is 4. The van der Waals surface area contributed by atoms with Crippen LogP contribution in [0.1, 0.15) is 29.5 Å². The Morgan fingerprint density at radius 1 is 1.07 bits per heavy atom. The van der Waals surface area contributed by atoms with Gasteiger partial charge in [0.1, 0.15) is 22.8 Å². The van der Waals surface area contributed by atoms with Gasteiger partial charge in [0, 0.05) is 24.0 Å². The van der Waals surface area contributed by atoms with E-state index in [-0.39, 0.29) is 34.6 Å². The number of hydrogen-bond donors (Lipinski definition) is 5. The predicted molar refractivity (Wildman–Crippen MR) is 148 cm³/mol. The van der Waals surface area contributed by atoms with E-state index in [4.69, 9.17) is 11.5 Å². The molecule has 0 aromatic heterocycles. The van der Waals surface area contributed by atoms with Crippen LogP contribution >= 0.6 is 0 Å². The minimum Gasteiger partial charge on any atom is -0.510 e. The highest BCUT2D eigenvalue weighted by Gasteiger charge is 2.55. The van der Waals surface area contributed by atoms with Gasteiger partial charge in [0.15, 0.2) is 11.6 Å². The summed E-state index contributed by atoms with van der Waals surface area (Å²) in [6.45, 7) is 1.20. The Hall–Kier alpha value is -4.22. The molecule has 6 rings (SSSR count). The van der Waals surface area contributed by atoms with Crippen molar-refractivity contribution in [3.8, 4) is 5.75 Å². The third-order valence-corrected chi connectivity index (χ3v) is 9.28. The van der Waals surface area contributed by atoms with E-state index >= 15 is 0 Å². The smallest absolute Gasteiger partial charge is 0.255 e. The first kappa shape index (κ1) is 27.0. The van der Waals surface area contributed by atoms with Gasteiger partial charge in [-0.2, -0.15) is 0 Å². The van der Waals surface area contributed by atoms with Crippen molar-refractivity contribution in [3.05, 3.63) is 57.9 Å². The fraction of sp³-hybridized carbons (Fsp3) is 0.400. The van der Waals surface area contributed by atoms with Crippen molar-refractivity contribution in [2.24, 2.45) is 29.2 Å². The van der Waals surface area contributed by atoms with Gasteiger partial charge in [0.2, 0.25) is 5.91 Å². The third-order valence-electron chi connectivity index (χ3n) is 9.28. The minimum absolute atomic E-state index is 0.0468. The molecule has 1 saturated carbocycles. The number of likely N-dealkylation sites (tertiary alicyclic amines) is 1. The Morgan fingerprint density at radius 2 is 1.80 bits per heavy atom. The summed E-state index contributed by atoms with van der Waals surface area (Å²) in [5, 5.41) is 34.9. The maximum atomic E-state index is 13.9. The number of benzene rings is 2. The number of primary amides is 2. The first-order valence-corrected chi connectivity index (χ1v) is 13.6. The highest BCUT2D eigenvalue weighted by molar-refractivity contribution is 6.28. The van der Waals surface area contributed by atoms with Crippen molar-refractivity contribution in [1.29, 1.82) is 0 Å². The zero-order valence-electron chi connectivity index (χ0n) is 22.8. The molecule has 5 atom stereocenters. The fourth-order valence-corrected chi connectivity index (χ4v) is 7.36. The maximum absolute atomic E-state index is 13.9. The van der Waals surface area contributed by atoms with Crippen LogP contribution in [0.4, 0.5) is 0 Å². The van der Waals surface area contributed by atoms with Crippen LogP contribution in [-0.4, -0.2) is 81.2 Å². The second-order valence-electron chi connectivity index (χ2n) is 11.8. The fourth-order valence-electron chi connectivity index (χ4n) is 7.36. The molecule has 0 bridgehead atoms. The maximum Gasteiger partial charge on any atom is 0.255 e. The number of nitrogens with zero attached hydrogens (tertiary/aromatic N) is 2. The van der Waals surface area contributed by atoms with E-state index in [1.165, 1.54) is 0 Å². The molecule has 7 N–H and O–H groups in total. The molecule has 41 heavy (non-hydrogen) atoms. The van der Waals surface area contributed by atoms with Crippen LogP contribution < -0.4 is 11.5 Å². The summed E-state index contributed by atoms with van der Waals surface area (Å²) in [6.07, 6.45) is 1.34. The van der Waals surface area contributed by atoms with Gasteiger partial charge in [-0.05, 0) is 67.8 Å². The van der Waals surface area contributed by atoms with E-state index in [0.717, 1.165) is 17.5 Å². The molecule has 0 spiro atoms. The summed E-state index contributed by atoms with van der Waals surface area (Å²) in [5.74, 6) is -6.32. The zero-order chi connectivity index (χ0) is 29.5. The SMILES string of the molecule is CN(C)[C@@H]1C(O)=C(C(N)=O)C(=O)C2C(=O)C3=C(O)c4c(cc5ccc(CN6CCC6C(N)=O)cc5c4O)CC3CC21. The summed E-state index contributed by atoms with van der Waals surface area (Å²) in [6, 6.07) is 6.37. The molecule has 3 aliphatic carbocycles. The predicted octanol–water partition coefficient (Wildman–Crippen LogP) is 1.06. The second kappa shape index (κ2) is 9.42. The lowest BCUT2D eigenvalue weighted by Crippen LogP contribution is -2.55. The lowest BCUT2D eigenvalue weighted by atomic mass is 9.59. The molecule has 2 aromatic carbocycles. The molecule has 2 fully saturated rings. The van der Waals surface area contributed by atoms with E-state index in [1.54, 1.807) is 25.1 Å². The number of ketones is 2. The normalized spacial score (nSPS) is 27.9. The van der Waals surface area contributed by atoms with E-state index in [2.05, 4.69) is 0 Å². The van der Waals surface area contributed by atoms with E-state index < -0.39 is 52.6 Å². The van der Waals surface area contributed by atoms with E-state index in [0.29, 0.717) is 36.8 Å². The van der Waals surface area contributed by atoms with Gasteiger partial charge in [0.25, 0.3) is 5.91 Å². The summed E-state index contributed by atoms with van der Waals surface area (Å²) >= 11 is 0. The van der Waals surface area contributed by atoms with Gasteiger partial charge in [-0.3, -0.25) is 29.0 Å². The molecule has 1 heterocycles. The average Bonchev–Trinajstić information content (AvgIpc) is 2.85. The molecule has 11 nitrogen and oxygen atoms in total. The third kappa shape index (κ3) is 3.94. The highest BCUT2D eigenvalue weighted by atomic mass is 16.3. The summed E-state index contributed by atoms with van der Waals surface area (Å²) in [4.78, 5) is 54.6. The van der Waals surface area contributed by atoms with Crippen LogP contribution in [0, 0.1) is 17.8 Å². The average molecular weight is 561 g/mol. The Balaban J connectivity index is 1.42. The first-order valence-electron chi connectivity index (χ1n) is 13.6. The lowest BCUT2D eigenvalue weighted by molar-refractivity contribution is -0.137. The number of aliphatic hydroxyl groups is 2. The van der Waals surface area contributed by atoms with Crippen molar-refractivity contribution >= 4 is 39.9 Å². The summed E-state index contributed by atoms with van der Waals surface area (Å²) in [7, 11) is 3.37. The molecule has 2 amide bonds. The van der Waals surface area contributed by atoms with Crippen LogP contribution in [0.15, 0.2) is 41.2 Å². The number of nitrogens with two attached hydrogens (primary N) is 2. The molecule has 2 aromatic rings. The van der Waals surface area contributed by atoms with Crippen LogP contribution in [-0.2, 0) is 32.1 Å². The van der Waals surface area contributed by atoms with Gasteiger partial charge in [-0.15, -0.1) is 0 Å². The van der Waals surface area contributed by atoms with Crippen LogP contribution in [0.25, 0.3) is 16.5 Å². The number of fused-ring (bicyclic) bond motifs is 4. The number of likely N-dealkylation sites (N-methyl/N-ethyl adjacent to an activating group) is 1. The standard InChI is InChI=1S/C30H32N4O7/c1-33(2)23-17-10-15-9-14-8-13-4-3-12(11-34-6-5-18(34)29(31)40)7-16(13)24(35)19(14)25(36)20(15)26(37)21(17)27(38)22(28(23)39)30(32)41/h3-4,7-8,15,17-18,21,23,35-36,39H,5-6,9-11H2,1-2H3,(H2,31,40)(H2,32,41)/t15?,17?,18?,21?,23-/m0/s1. The number of carbonyl (C=O) groups is 4. The second-order valence-corrected chi connectivity index (χ2v) is 11.8. The van der Waals surface area contributed by atoms with E-state index in [9.17, 15) is 34.5 Å². The molecule has 214 valence electrons. The number of aromatic hydroxyl groups is 1. The van der Waals surface area contributed by atoms with Crippen molar-refractivity contribution in [1.82, 2.24) is 9.80 Å². The Labute approximate surface area is 235 Å². The van der Waals surface area contributed by atoms with Gasteiger partial charge in [-0.1, -0.05) is 18.2 Å². The summed E-state index contributed by atoms with van der Waals surface area (Å²) in [5.41, 5.74) is 12.0. The van der Waals surface area contributed by atoms with Gasteiger partial charge in [0.05, 0.1) is 23.6 Å². The number of hydrogen-bond acceptors (Lipinski definition) is 9. The molecular weight excluding hydrogens is 528 g/mol. The topological polar surface area (TPSA) is 187 Å². The minimum atomic E-state index is -1.29.